The zero-order valence-corrected chi connectivity index (χ0v) is 13.7. The third kappa shape index (κ3) is 4.57. The maximum absolute atomic E-state index is 11.7. The molecule has 1 aromatic carbocycles. The normalized spacial score (nSPS) is 17.6. The highest BCUT2D eigenvalue weighted by atomic mass is 16.3. The molecule has 2 rings (SSSR count). The van der Waals surface area contributed by atoms with Gasteiger partial charge in [-0.25, -0.2) is 0 Å². The van der Waals surface area contributed by atoms with Crippen LogP contribution in [0.2, 0.25) is 0 Å². The Morgan fingerprint density at radius 1 is 1.18 bits per heavy atom. The summed E-state index contributed by atoms with van der Waals surface area (Å²) >= 11 is 0. The van der Waals surface area contributed by atoms with Crippen LogP contribution in [0.15, 0.2) is 42.0 Å². The van der Waals surface area contributed by atoms with Crippen LogP contribution in [0.3, 0.4) is 0 Å². The number of hydrogen-bond donors (Lipinski definition) is 1. The van der Waals surface area contributed by atoms with E-state index in [0.29, 0.717) is 13.0 Å². The fourth-order valence-electron chi connectivity index (χ4n) is 2.82. The van der Waals surface area contributed by atoms with E-state index in [1.807, 2.05) is 30.2 Å². The van der Waals surface area contributed by atoms with Crippen molar-refractivity contribution in [1.29, 1.82) is 0 Å². The Labute approximate surface area is 133 Å². The molecule has 0 aliphatic heterocycles. The molecule has 0 spiro atoms. The molecule has 0 unspecified atom stereocenters. The topological polar surface area (TPSA) is 40.5 Å². The van der Waals surface area contributed by atoms with Gasteiger partial charge in [-0.3, -0.25) is 4.79 Å². The van der Waals surface area contributed by atoms with Crippen molar-refractivity contribution in [2.24, 2.45) is 5.41 Å². The van der Waals surface area contributed by atoms with E-state index in [0.717, 1.165) is 23.2 Å². The van der Waals surface area contributed by atoms with Crippen molar-refractivity contribution < 1.29 is 9.90 Å². The molecule has 0 bridgehead atoms. The predicted molar refractivity (Wildman–Crippen MR) is 91.9 cm³/mol. The van der Waals surface area contributed by atoms with Gasteiger partial charge in [-0.05, 0) is 41.2 Å². The monoisotopic (exact) mass is 299 g/mol. The second-order valence-corrected chi connectivity index (χ2v) is 6.77. The molecule has 0 saturated heterocycles. The highest BCUT2D eigenvalue weighted by Gasteiger charge is 2.26. The molecule has 22 heavy (non-hydrogen) atoms. The van der Waals surface area contributed by atoms with E-state index in [1.54, 1.807) is 6.08 Å². The van der Waals surface area contributed by atoms with E-state index in [9.17, 15) is 4.79 Å². The van der Waals surface area contributed by atoms with Crippen molar-refractivity contribution in [1.82, 2.24) is 0 Å². The van der Waals surface area contributed by atoms with E-state index in [2.05, 4.69) is 32.1 Å². The number of likely N-dealkylation sites (N-methyl/N-ethyl adjacent to an activating group) is 1. The largest absolute Gasteiger partial charge is 0.395 e. The SMILES string of the molecule is CN(CCO)c1ccc(/C=C/C2=CC(=O)CC(C)(C)C2)cc1. The van der Waals surface area contributed by atoms with E-state index in [4.69, 9.17) is 5.11 Å². The lowest BCUT2D eigenvalue weighted by Gasteiger charge is -2.27. The number of anilines is 1. The highest BCUT2D eigenvalue weighted by Crippen LogP contribution is 2.34. The summed E-state index contributed by atoms with van der Waals surface area (Å²) in [6.45, 7) is 5.05. The number of rotatable bonds is 5. The Kier molecular flexibility index (Phi) is 5.19. The summed E-state index contributed by atoms with van der Waals surface area (Å²) in [5.74, 6) is 0.219. The van der Waals surface area contributed by atoms with Gasteiger partial charge in [0.25, 0.3) is 0 Å². The number of allylic oxidation sites excluding steroid dienone is 3. The molecule has 0 heterocycles. The van der Waals surface area contributed by atoms with E-state index in [-0.39, 0.29) is 17.8 Å². The molecule has 0 fully saturated rings. The minimum atomic E-state index is 0.0579. The summed E-state index contributed by atoms with van der Waals surface area (Å²) in [7, 11) is 1.96. The first-order valence-electron chi connectivity index (χ1n) is 7.73. The van der Waals surface area contributed by atoms with Gasteiger partial charge in [0.1, 0.15) is 0 Å². The number of hydrogen-bond acceptors (Lipinski definition) is 3. The van der Waals surface area contributed by atoms with Crippen LogP contribution in [0.25, 0.3) is 6.08 Å². The van der Waals surface area contributed by atoms with Crippen molar-refractivity contribution in [2.75, 3.05) is 25.1 Å². The van der Waals surface area contributed by atoms with Crippen molar-refractivity contribution in [3.63, 3.8) is 0 Å². The van der Waals surface area contributed by atoms with Gasteiger partial charge in [-0.1, -0.05) is 38.1 Å². The molecule has 118 valence electrons. The van der Waals surface area contributed by atoms with Gasteiger partial charge in [-0.15, -0.1) is 0 Å². The summed E-state index contributed by atoms with van der Waals surface area (Å²) in [5.41, 5.74) is 3.35. The summed E-state index contributed by atoms with van der Waals surface area (Å²) in [4.78, 5) is 13.8. The maximum Gasteiger partial charge on any atom is 0.156 e. The standard InChI is InChI=1S/C19H25NO2/c1-19(2)13-16(12-18(22)14-19)5-4-15-6-8-17(9-7-15)20(3)10-11-21/h4-9,12,21H,10-11,13-14H2,1-3H3/b5-4+. The minimum absolute atomic E-state index is 0.0579. The fraction of sp³-hybridized carbons (Fsp3) is 0.421. The summed E-state index contributed by atoms with van der Waals surface area (Å²) in [6.07, 6.45) is 7.44. The zero-order chi connectivity index (χ0) is 16.2. The smallest absolute Gasteiger partial charge is 0.156 e. The van der Waals surface area contributed by atoms with Gasteiger partial charge >= 0.3 is 0 Å². The number of carbonyl (C=O) groups is 1. The van der Waals surface area contributed by atoms with Crippen molar-refractivity contribution in [3.05, 3.63) is 47.6 Å². The molecule has 0 amide bonds. The van der Waals surface area contributed by atoms with Crippen LogP contribution in [0, 0.1) is 5.41 Å². The predicted octanol–water partition coefficient (Wildman–Crippen LogP) is 3.44. The van der Waals surface area contributed by atoms with Crippen molar-refractivity contribution in [3.8, 4) is 0 Å². The Balaban J connectivity index is 2.06. The van der Waals surface area contributed by atoms with Gasteiger partial charge in [0.15, 0.2) is 5.78 Å². The molecule has 1 aliphatic rings. The van der Waals surface area contributed by atoms with Gasteiger partial charge < -0.3 is 10.0 Å². The number of ketones is 1. The quantitative estimate of drug-likeness (QED) is 0.905. The Morgan fingerprint density at radius 2 is 1.86 bits per heavy atom. The van der Waals surface area contributed by atoms with Crippen LogP contribution in [-0.4, -0.2) is 31.1 Å². The number of benzene rings is 1. The fourth-order valence-corrected chi connectivity index (χ4v) is 2.82. The average Bonchev–Trinajstić information content (AvgIpc) is 2.44. The molecule has 0 atom stereocenters. The van der Waals surface area contributed by atoms with Crippen LogP contribution in [0.1, 0.15) is 32.3 Å². The molecular formula is C19H25NO2. The Hall–Kier alpha value is -1.87. The molecule has 1 aliphatic carbocycles. The van der Waals surface area contributed by atoms with Crippen LogP contribution in [0.5, 0.6) is 0 Å². The first kappa shape index (κ1) is 16.5. The summed E-state index contributed by atoms with van der Waals surface area (Å²) in [5, 5.41) is 8.96. The third-order valence-electron chi connectivity index (χ3n) is 3.94. The highest BCUT2D eigenvalue weighted by molar-refractivity contribution is 5.92. The third-order valence-corrected chi connectivity index (χ3v) is 3.94. The minimum Gasteiger partial charge on any atom is -0.395 e. The molecule has 0 radical (unpaired) electrons. The molecule has 1 aromatic rings. The van der Waals surface area contributed by atoms with Crippen molar-refractivity contribution in [2.45, 2.75) is 26.7 Å². The van der Waals surface area contributed by atoms with Gasteiger partial charge in [-0.2, -0.15) is 0 Å². The van der Waals surface area contributed by atoms with Crippen molar-refractivity contribution >= 4 is 17.5 Å². The second kappa shape index (κ2) is 6.93. The lowest BCUT2D eigenvalue weighted by Crippen LogP contribution is -2.21. The number of aliphatic hydroxyl groups excluding tert-OH is 1. The van der Waals surface area contributed by atoms with Gasteiger partial charge in [0.05, 0.1) is 6.61 Å². The first-order chi connectivity index (χ1) is 10.4. The lowest BCUT2D eigenvalue weighted by molar-refractivity contribution is -0.116. The van der Waals surface area contributed by atoms with E-state index in [1.165, 1.54) is 0 Å². The average molecular weight is 299 g/mol. The maximum atomic E-state index is 11.7. The number of nitrogens with zero attached hydrogens (tertiary/aromatic N) is 1. The number of aliphatic hydroxyl groups is 1. The zero-order valence-electron chi connectivity index (χ0n) is 13.7. The van der Waals surface area contributed by atoms with Crippen LogP contribution < -0.4 is 4.90 Å². The van der Waals surface area contributed by atoms with Gasteiger partial charge in [0.2, 0.25) is 0 Å². The molecule has 0 aromatic heterocycles. The van der Waals surface area contributed by atoms with Crippen LogP contribution in [0.4, 0.5) is 5.69 Å². The molecule has 3 heteroatoms. The van der Waals surface area contributed by atoms with E-state index < -0.39 is 0 Å². The van der Waals surface area contributed by atoms with Crippen LogP contribution >= 0.6 is 0 Å². The molecular weight excluding hydrogens is 274 g/mol. The molecule has 3 nitrogen and oxygen atoms in total. The number of carbonyl (C=O) groups excluding carboxylic acids is 1. The van der Waals surface area contributed by atoms with Crippen LogP contribution in [-0.2, 0) is 4.79 Å². The van der Waals surface area contributed by atoms with E-state index >= 15 is 0 Å². The molecule has 1 N–H and O–H groups in total. The summed E-state index contributed by atoms with van der Waals surface area (Å²) in [6, 6.07) is 8.19. The van der Waals surface area contributed by atoms with Gasteiger partial charge in [0, 0.05) is 25.7 Å². The molecule has 0 saturated carbocycles. The lowest BCUT2D eigenvalue weighted by atomic mass is 9.77. The Morgan fingerprint density at radius 3 is 2.45 bits per heavy atom. The second-order valence-electron chi connectivity index (χ2n) is 6.77. The first-order valence-corrected chi connectivity index (χ1v) is 7.73. The summed E-state index contributed by atoms with van der Waals surface area (Å²) < 4.78 is 0. The Bertz CT molecular complexity index is 582.